The normalized spacial score (nSPS) is 16.2. The monoisotopic (exact) mass is 331 g/mol. The van der Waals surface area contributed by atoms with Crippen LogP contribution < -0.4 is 5.32 Å². The third-order valence-corrected chi connectivity index (χ3v) is 3.92. The molecule has 3 amide bonds. The fourth-order valence-electron chi connectivity index (χ4n) is 2.42. The Labute approximate surface area is 142 Å². The van der Waals surface area contributed by atoms with Gasteiger partial charge in [0, 0.05) is 11.1 Å². The minimum absolute atomic E-state index is 0.0999. The van der Waals surface area contributed by atoms with Crippen molar-refractivity contribution in [2.24, 2.45) is 5.10 Å². The third kappa shape index (κ3) is 3.75. The summed E-state index contributed by atoms with van der Waals surface area (Å²) in [5, 5.41) is 17.9. The number of hydrazone groups is 1. The van der Waals surface area contributed by atoms with E-state index in [1.807, 2.05) is 32.9 Å². The second kappa shape index (κ2) is 5.92. The van der Waals surface area contributed by atoms with Gasteiger partial charge in [0.05, 0.1) is 6.21 Å². The maximum absolute atomic E-state index is 11.6. The van der Waals surface area contributed by atoms with Crippen molar-refractivity contribution in [2.45, 2.75) is 52.4 Å². The van der Waals surface area contributed by atoms with Crippen molar-refractivity contribution in [3.8, 4) is 5.75 Å². The molecule has 0 bridgehead atoms. The number of benzene rings is 1. The summed E-state index contributed by atoms with van der Waals surface area (Å²) in [7, 11) is 0. The number of urea groups is 1. The van der Waals surface area contributed by atoms with E-state index in [1.165, 1.54) is 6.21 Å². The minimum atomic E-state index is -0.557. The average molecular weight is 331 g/mol. The lowest BCUT2D eigenvalue weighted by atomic mass is 9.79. The zero-order valence-corrected chi connectivity index (χ0v) is 15.1. The lowest BCUT2D eigenvalue weighted by Crippen LogP contribution is -2.24. The molecule has 130 valence electrons. The van der Waals surface area contributed by atoms with E-state index in [0.29, 0.717) is 5.56 Å². The molecular weight excluding hydrogens is 306 g/mol. The summed E-state index contributed by atoms with van der Waals surface area (Å²) in [5.41, 5.74) is 2.07. The Morgan fingerprint density at radius 1 is 1.12 bits per heavy atom. The van der Waals surface area contributed by atoms with E-state index in [-0.39, 0.29) is 29.0 Å². The van der Waals surface area contributed by atoms with Gasteiger partial charge in [-0.1, -0.05) is 47.6 Å². The fourth-order valence-corrected chi connectivity index (χ4v) is 2.42. The molecule has 0 aliphatic carbocycles. The number of phenols is 1. The Kier molecular flexibility index (Phi) is 4.44. The van der Waals surface area contributed by atoms with Crippen LogP contribution in [0.4, 0.5) is 4.79 Å². The predicted octanol–water partition coefficient (Wildman–Crippen LogP) is 2.87. The third-order valence-electron chi connectivity index (χ3n) is 3.92. The average Bonchev–Trinajstić information content (AvgIpc) is 2.73. The van der Waals surface area contributed by atoms with E-state index in [0.717, 1.165) is 16.1 Å². The first kappa shape index (κ1) is 18.0. The lowest BCUT2D eigenvalue weighted by Gasteiger charge is -2.27. The van der Waals surface area contributed by atoms with Gasteiger partial charge in [0.25, 0.3) is 0 Å². The van der Waals surface area contributed by atoms with Crippen LogP contribution in [0.3, 0.4) is 0 Å². The number of nitrogens with zero attached hydrogens (tertiary/aromatic N) is 2. The number of aromatic hydroxyl groups is 1. The highest BCUT2D eigenvalue weighted by Crippen LogP contribution is 2.37. The van der Waals surface area contributed by atoms with Gasteiger partial charge in [-0.05, 0) is 22.5 Å². The summed E-state index contributed by atoms with van der Waals surface area (Å²) in [6, 6.07) is 3.32. The molecule has 1 fully saturated rings. The van der Waals surface area contributed by atoms with Gasteiger partial charge in [-0.25, -0.2) is 9.80 Å². The molecule has 6 nitrogen and oxygen atoms in total. The summed E-state index contributed by atoms with van der Waals surface area (Å²) in [4.78, 5) is 22.8. The zero-order valence-electron chi connectivity index (χ0n) is 15.1. The number of carbonyl (C=O) groups excluding carboxylic acids is 2. The van der Waals surface area contributed by atoms with Crippen LogP contribution in [0.5, 0.6) is 5.75 Å². The molecule has 6 heteroatoms. The van der Waals surface area contributed by atoms with E-state index >= 15 is 0 Å². The lowest BCUT2D eigenvalue weighted by molar-refractivity contribution is -0.118. The number of hydrogen-bond acceptors (Lipinski definition) is 4. The first-order valence-corrected chi connectivity index (χ1v) is 7.93. The van der Waals surface area contributed by atoms with Crippen molar-refractivity contribution in [3.05, 3.63) is 28.8 Å². The summed E-state index contributed by atoms with van der Waals surface area (Å²) in [6.45, 7) is 12.3. The highest BCUT2D eigenvalue weighted by Gasteiger charge is 2.27. The molecule has 0 unspecified atom stereocenters. The first-order valence-electron chi connectivity index (χ1n) is 7.93. The molecule has 0 aromatic heterocycles. The highest BCUT2D eigenvalue weighted by atomic mass is 16.3. The van der Waals surface area contributed by atoms with E-state index in [4.69, 9.17) is 0 Å². The standard InChI is InChI=1S/C18H25N3O3/c1-17(2,3)12-7-11(15(23)13(8-12)18(4,5)6)9-19-21-10-14(22)20-16(21)24/h7-9,23H,10H2,1-6H3,(H,20,22,24)/b19-9+. The van der Waals surface area contributed by atoms with Crippen LogP contribution in [0.25, 0.3) is 0 Å². The maximum Gasteiger partial charge on any atom is 0.344 e. The van der Waals surface area contributed by atoms with Gasteiger partial charge in [-0.15, -0.1) is 0 Å². The largest absolute Gasteiger partial charge is 0.507 e. The van der Waals surface area contributed by atoms with Gasteiger partial charge in [0.2, 0.25) is 5.91 Å². The van der Waals surface area contributed by atoms with Gasteiger partial charge < -0.3 is 5.11 Å². The molecule has 0 saturated carbocycles. The van der Waals surface area contributed by atoms with Crippen molar-refractivity contribution >= 4 is 18.2 Å². The molecule has 1 aliphatic heterocycles. The van der Waals surface area contributed by atoms with Crippen molar-refractivity contribution in [1.82, 2.24) is 10.3 Å². The van der Waals surface area contributed by atoms with Crippen LogP contribution in [0.2, 0.25) is 0 Å². The Morgan fingerprint density at radius 3 is 2.21 bits per heavy atom. The Bertz CT molecular complexity index is 709. The number of rotatable bonds is 2. The summed E-state index contributed by atoms with van der Waals surface area (Å²) in [5.74, 6) is -0.245. The second-order valence-corrected chi connectivity index (χ2v) is 8.12. The van der Waals surface area contributed by atoms with Crippen molar-refractivity contribution in [3.63, 3.8) is 0 Å². The molecule has 0 spiro atoms. The number of hydrogen-bond donors (Lipinski definition) is 2. The predicted molar refractivity (Wildman–Crippen MR) is 93.3 cm³/mol. The Hall–Kier alpha value is -2.37. The minimum Gasteiger partial charge on any atom is -0.507 e. The van der Waals surface area contributed by atoms with Gasteiger partial charge in [-0.3, -0.25) is 10.1 Å². The van der Waals surface area contributed by atoms with E-state index < -0.39 is 6.03 Å². The van der Waals surface area contributed by atoms with Crippen molar-refractivity contribution in [2.75, 3.05) is 6.54 Å². The number of nitrogens with one attached hydrogen (secondary N) is 1. The Balaban J connectivity index is 2.49. The van der Waals surface area contributed by atoms with Gasteiger partial charge in [0.1, 0.15) is 12.3 Å². The fraction of sp³-hybridized carbons (Fsp3) is 0.500. The van der Waals surface area contributed by atoms with Crippen LogP contribution in [0, 0.1) is 0 Å². The number of imide groups is 1. The van der Waals surface area contributed by atoms with Crippen LogP contribution >= 0.6 is 0 Å². The number of phenolic OH excluding ortho intramolecular Hbond substituents is 1. The van der Waals surface area contributed by atoms with E-state index in [9.17, 15) is 14.7 Å². The Morgan fingerprint density at radius 2 is 1.75 bits per heavy atom. The SMILES string of the molecule is CC(C)(C)c1cc(/C=N/N2CC(=O)NC2=O)c(O)c(C(C)(C)C)c1. The van der Waals surface area contributed by atoms with Crippen LogP contribution in [0.15, 0.2) is 17.2 Å². The summed E-state index contributed by atoms with van der Waals surface area (Å²) in [6.07, 6.45) is 1.43. The summed E-state index contributed by atoms with van der Waals surface area (Å²) >= 11 is 0. The van der Waals surface area contributed by atoms with Crippen molar-refractivity contribution in [1.29, 1.82) is 0 Å². The van der Waals surface area contributed by atoms with Crippen molar-refractivity contribution < 1.29 is 14.7 Å². The van der Waals surface area contributed by atoms with E-state index in [2.05, 4.69) is 31.2 Å². The van der Waals surface area contributed by atoms with Gasteiger partial charge in [-0.2, -0.15) is 5.10 Å². The smallest absolute Gasteiger partial charge is 0.344 e. The molecule has 2 rings (SSSR count). The molecule has 1 aliphatic rings. The van der Waals surface area contributed by atoms with Crippen LogP contribution in [-0.4, -0.2) is 34.8 Å². The molecule has 0 radical (unpaired) electrons. The quantitative estimate of drug-likeness (QED) is 0.646. The molecule has 1 saturated heterocycles. The molecule has 24 heavy (non-hydrogen) atoms. The summed E-state index contributed by atoms with van der Waals surface area (Å²) < 4.78 is 0. The molecule has 1 aromatic rings. The maximum atomic E-state index is 11.6. The molecule has 0 atom stereocenters. The molecule has 2 N–H and O–H groups in total. The molecule has 1 aromatic carbocycles. The zero-order chi connectivity index (χ0) is 18.3. The highest BCUT2D eigenvalue weighted by molar-refractivity contribution is 6.02. The van der Waals surface area contributed by atoms with Crippen LogP contribution in [0.1, 0.15) is 58.2 Å². The van der Waals surface area contributed by atoms with E-state index in [1.54, 1.807) is 0 Å². The molecule has 1 heterocycles. The molecular formula is C18H25N3O3. The number of amides is 3. The topological polar surface area (TPSA) is 82.0 Å². The van der Waals surface area contributed by atoms with Gasteiger partial charge in [0.15, 0.2) is 0 Å². The van der Waals surface area contributed by atoms with Crippen LogP contribution in [-0.2, 0) is 15.6 Å². The second-order valence-electron chi connectivity index (χ2n) is 8.12. The number of carbonyl (C=O) groups is 2. The van der Waals surface area contributed by atoms with Gasteiger partial charge >= 0.3 is 6.03 Å². The first-order chi connectivity index (χ1) is 10.9.